The summed E-state index contributed by atoms with van der Waals surface area (Å²) in [6.45, 7) is 7.08. The van der Waals surface area contributed by atoms with Crippen molar-refractivity contribution in [2.45, 2.75) is 57.5 Å². The van der Waals surface area contributed by atoms with Crippen LogP contribution in [0, 0.1) is 0 Å². The van der Waals surface area contributed by atoms with Gasteiger partial charge in [0, 0.05) is 24.5 Å². The Morgan fingerprint density at radius 2 is 1.92 bits per heavy atom. The van der Waals surface area contributed by atoms with E-state index in [0.29, 0.717) is 30.8 Å². The molecule has 0 radical (unpaired) electrons. The van der Waals surface area contributed by atoms with Crippen LogP contribution in [0.15, 0.2) is 29.3 Å². The monoisotopic (exact) mass is 491 g/mol. The van der Waals surface area contributed by atoms with Crippen LogP contribution in [0.3, 0.4) is 0 Å². The smallest absolute Gasteiger partial charge is 0.191 e. The summed E-state index contributed by atoms with van der Waals surface area (Å²) < 4.78 is 23.3. The third-order valence-electron chi connectivity index (χ3n) is 5.03. The SMILES string of the molecule is CCN=C(NC1CCS(=O)(=O)C1)NC1CC1c1ccc(C(C)C)cc1.I. The first kappa shape index (κ1) is 21.5. The molecule has 1 aromatic carbocycles. The molecule has 2 aliphatic rings. The van der Waals surface area contributed by atoms with Gasteiger partial charge in [-0.25, -0.2) is 8.42 Å². The van der Waals surface area contributed by atoms with E-state index in [-0.39, 0.29) is 41.5 Å². The number of nitrogens with zero attached hydrogens (tertiary/aromatic N) is 1. The van der Waals surface area contributed by atoms with Crippen molar-refractivity contribution in [2.75, 3.05) is 18.1 Å². The van der Waals surface area contributed by atoms with Crippen molar-refractivity contribution in [2.24, 2.45) is 4.99 Å². The van der Waals surface area contributed by atoms with Gasteiger partial charge in [-0.15, -0.1) is 24.0 Å². The Balaban J connectivity index is 0.00000243. The molecule has 1 heterocycles. The maximum Gasteiger partial charge on any atom is 0.191 e. The van der Waals surface area contributed by atoms with Crippen molar-refractivity contribution < 1.29 is 8.42 Å². The average Bonchev–Trinajstić information content (AvgIpc) is 3.23. The van der Waals surface area contributed by atoms with E-state index in [2.05, 4.69) is 53.7 Å². The highest BCUT2D eigenvalue weighted by Crippen LogP contribution is 2.41. The minimum atomic E-state index is -2.88. The molecule has 2 N–H and O–H groups in total. The average molecular weight is 491 g/mol. The van der Waals surface area contributed by atoms with Gasteiger partial charge < -0.3 is 10.6 Å². The Hall–Kier alpha value is -0.830. The Kier molecular flexibility index (Phi) is 7.35. The van der Waals surface area contributed by atoms with Crippen LogP contribution in [0.5, 0.6) is 0 Å². The number of halogens is 1. The molecule has 2 fully saturated rings. The Bertz CT molecular complexity index is 732. The molecule has 0 spiro atoms. The number of rotatable bonds is 5. The van der Waals surface area contributed by atoms with Crippen molar-refractivity contribution >= 4 is 39.8 Å². The third kappa shape index (κ3) is 5.58. The van der Waals surface area contributed by atoms with E-state index in [1.807, 2.05) is 6.92 Å². The van der Waals surface area contributed by atoms with Crippen molar-refractivity contribution in [3.05, 3.63) is 35.4 Å². The van der Waals surface area contributed by atoms with Gasteiger partial charge in [-0.05, 0) is 36.8 Å². The van der Waals surface area contributed by atoms with E-state index in [4.69, 9.17) is 0 Å². The molecule has 0 aromatic heterocycles. The van der Waals surface area contributed by atoms with Crippen molar-refractivity contribution in [1.29, 1.82) is 0 Å². The van der Waals surface area contributed by atoms with Crippen LogP contribution < -0.4 is 10.6 Å². The summed E-state index contributed by atoms with van der Waals surface area (Å²) in [4.78, 5) is 4.48. The number of benzene rings is 1. The lowest BCUT2D eigenvalue weighted by molar-refractivity contribution is 0.599. The van der Waals surface area contributed by atoms with Crippen LogP contribution in [0.25, 0.3) is 0 Å². The number of hydrogen-bond acceptors (Lipinski definition) is 3. The number of sulfone groups is 1. The first-order valence-corrected chi connectivity index (χ1v) is 11.1. The summed E-state index contributed by atoms with van der Waals surface area (Å²) in [5, 5.41) is 6.78. The zero-order valence-corrected chi connectivity index (χ0v) is 18.9. The summed E-state index contributed by atoms with van der Waals surface area (Å²) in [5.74, 6) is 2.30. The van der Waals surface area contributed by atoms with Crippen molar-refractivity contribution in [3.63, 3.8) is 0 Å². The molecule has 3 rings (SSSR count). The van der Waals surface area contributed by atoms with Gasteiger partial charge in [0.1, 0.15) is 0 Å². The van der Waals surface area contributed by atoms with E-state index in [0.717, 1.165) is 12.4 Å². The second kappa shape index (κ2) is 8.91. The van der Waals surface area contributed by atoms with Gasteiger partial charge in [-0.2, -0.15) is 0 Å². The fourth-order valence-electron chi connectivity index (χ4n) is 3.42. The van der Waals surface area contributed by atoms with Crippen molar-refractivity contribution in [3.8, 4) is 0 Å². The second-order valence-corrected chi connectivity index (χ2v) is 9.71. The minimum Gasteiger partial charge on any atom is -0.353 e. The third-order valence-corrected chi connectivity index (χ3v) is 6.80. The quantitative estimate of drug-likeness (QED) is 0.378. The number of hydrogen-bond donors (Lipinski definition) is 2. The summed E-state index contributed by atoms with van der Waals surface area (Å²) in [5.41, 5.74) is 2.73. The maximum atomic E-state index is 11.6. The summed E-state index contributed by atoms with van der Waals surface area (Å²) in [6.07, 6.45) is 1.76. The highest BCUT2D eigenvalue weighted by molar-refractivity contribution is 14.0. The molecule has 0 amide bonds. The van der Waals surface area contributed by atoms with E-state index >= 15 is 0 Å². The first-order valence-electron chi connectivity index (χ1n) is 9.25. The molecule has 1 saturated carbocycles. The lowest BCUT2D eigenvalue weighted by atomic mass is 10.0. The molecular weight excluding hydrogens is 461 g/mol. The lowest BCUT2D eigenvalue weighted by Gasteiger charge is -2.16. The van der Waals surface area contributed by atoms with Crippen LogP contribution in [0.4, 0.5) is 0 Å². The van der Waals surface area contributed by atoms with Gasteiger partial charge in [0.15, 0.2) is 15.8 Å². The number of aliphatic imine (C=N–C) groups is 1. The van der Waals surface area contributed by atoms with E-state index in [1.54, 1.807) is 0 Å². The number of guanidine groups is 1. The molecule has 26 heavy (non-hydrogen) atoms. The van der Waals surface area contributed by atoms with Gasteiger partial charge >= 0.3 is 0 Å². The molecule has 7 heteroatoms. The fraction of sp³-hybridized carbons (Fsp3) is 0.632. The molecular formula is C19H30IN3O2S. The topological polar surface area (TPSA) is 70.6 Å². The van der Waals surface area contributed by atoms with Crippen molar-refractivity contribution in [1.82, 2.24) is 10.6 Å². The van der Waals surface area contributed by atoms with E-state index in [1.165, 1.54) is 11.1 Å². The normalized spacial score (nSPS) is 27.1. The summed E-state index contributed by atoms with van der Waals surface area (Å²) in [6, 6.07) is 9.26. The van der Waals surface area contributed by atoms with Gasteiger partial charge in [0.2, 0.25) is 0 Å². The van der Waals surface area contributed by atoms with Crippen LogP contribution in [0.1, 0.15) is 56.6 Å². The Labute approximate surface area is 174 Å². The van der Waals surface area contributed by atoms with Crippen LogP contribution >= 0.6 is 24.0 Å². The Morgan fingerprint density at radius 3 is 2.46 bits per heavy atom. The molecule has 0 bridgehead atoms. The molecule has 5 nitrogen and oxygen atoms in total. The highest BCUT2D eigenvalue weighted by Gasteiger charge is 2.39. The van der Waals surface area contributed by atoms with Crippen LogP contribution in [-0.2, 0) is 9.84 Å². The van der Waals surface area contributed by atoms with Crippen LogP contribution in [0.2, 0.25) is 0 Å². The molecule has 146 valence electrons. The minimum absolute atomic E-state index is 0. The zero-order chi connectivity index (χ0) is 18.0. The molecule has 3 atom stereocenters. The molecule has 1 aromatic rings. The molecule has 1 saturated heterocycles. The lowest BCUT2D eigenvalue weighted by Crippen LogP contribution is -2.45. The fourth-order valence-corrected chi connectivity index (χ4v) is 5.09. The largest absolute Gasteiger partial charge is 0.353 e. The van der Waals surface area contributed by atoms with E-state index in [9.17, 15) is 8.42 Å². The maximum absolute atomic E-state index is 11.6. The summed E-state index contributed by atoms with van der Waals surface area (Å²) in [7, 11) is -2.88. The van der Waals surface area contributed by atoms with E-state index < -0.39 is 9.84 Å². The molecule has 3 unspecified atom stereocenters. The zero-order valence-electron chi connectivity index (χ0n) is 15.7. The van der Waals surface area contributed by atoms with Gasteiger partial charge in [0.05, 0.1) is 11.5 Å². The first-order chi connectivity index (χ1) is 11.9. The Morgan fingerprint density at radius 1 is 1.23 bits per heavy atom. The van der Waals surface area contributed by atoms with Gasteiger partial charge in [-0.3, -0.25) is 4.99 Å². The predicted molar refractivity (Wildman–Crippen MR) is 118 cm³/mol. The van der Waals surface area contributed by atoms with Gasteiger partial charge in [0.25, 0.3) is 0 Å². The number of nitrogens with one attached hydrogen (secondary N) is 2. The van der Waals surface area contributed by atoms with Crippen LogP contribution in [-0.4, -0.2) is 44.5 Å². The van der Waals surface area contributed by atoms with Gasteiger partial charge in [-0.1, -0.05) is 38.1 Å². The summed E-state index contributed by atoms with van der Waals surface area (Å²) >= 11 is 0. The highest BCUT2D eigenvalue weighted by atomic mass is 127. The second-order valence-electron chi connectivity index (χ2n) is 7.48. The molecule has 1 aliphatic carbocycles. The standard InChI is InChI=1S/C19H29N3O2S.HI/c1-4-20-19(21-16-9-10-25(23,24)12-16)22-18-11-17(18)15-7-5-14(6-8-15)13(2)3;/h5-8,13,16-18H,4,9-12H2,1-3H3,(H2,20,21,22);1H. The predicted octanol–water partition coefficient (Wildman–Crippen LogP) is 3.03. The molecule has 1 aliphatic heterocycles.